The predicted octanol–water partition coefficient (Wildman–Crippen LogP) is 3.63. The van der Waals surface area contributed by atoms with Gasteiger partial charge in [0.1, 0.15) is 0 Å². The summed E-state index contributed by atoms with van der Waals surface area (Å²) in [4.78, 5) is 0. The fraction of sp³-hybridized carbons (Fsp3) is 0.647. The van der Waals surface area contributed by atoms with E-state index < -0.39 is 0 Å². The van der Waals surface area contributed by atoms with Crippen LogP contribution in [0.1, 0.15) is 51.0 Å². The lowest BCUT2D eigenvalue weighted by atomic mass is 9.41. The van der Waals surface area contributed by atoms with Crippen molar-refractivity contribution in [3.05, 3.63) is 35.9 Å². The monoisotopic (exact) mass is 241 g/mol. The Kier molecular flexibility index (Phi) is 1.96. The SMILES string of the molecule is CC12CC3CC(N)(C1)CC(c1ccccc1)(C3)C2. The number of rotatable bonds is 1. The molecule has 0 aliphatic heterocycles. The third-order valence-corrected chi connectivity index (χ3v) is 5.78. The summed E-state index contributed by atoms with van der Waals surface area (Å²) in [5.74, 6) is 0.872. The molecule has 0 heterocycles. The van der Waals surface area contributed by atoms with Crippen LogP contribution in [0, 0.1) is 11.3 Å². The average Bonchev–Trinajstić information content (AvgIpc) is 2.25. The van der Waals surface area contributed by atoms with Gasteiger partial charge in [0.2, 0.25) is 0 Å². The number of hydrogen-bond donors (Lipinski definition) is 1. The first kappa shape index (κ1) is 11.0. The van der Waals surface area contributed by atoms with Gasteiger partial charge < -0.3 is 5.73 Å². The summed E-state index contributed by atoms with van der Waals surface area (Å²) in [7, 11) is 0. The molecule has 1 aromatic carbocycles. The van der Waals surface area contributed by atoms with E-state index in [-0.39, 0.29) is 5.54 Å². The first-order valence-corrected chi connectivity index (χ1v) is 7.36. The van der Waals surface area contributed by atoms with Crippen LogP contribution < -0.4 is 5.73 Å². The lowest BCUT2D eigenvalue weighted by Gasteiger charge is -2.65. The second kappa shape index (κ2) is 3.19. The van der Waals surface area contributed by atoms with Crippen molar-refractivity contribution in [3.63, 3.8) is 0 Å². The number of nitrogens with two attached hydrogens (primary N) is 1. The van der Waals surface area contributed by atoms with E-state index >= 15 is 0 Å². The maximum atomic E-state index is 6.73. The minimum absolute atomic E-state index is 0.129. The van der Waals surface area contributed by atoms with Crippen LogP contribution in [0.15, 0.2) is 30.3 Å². The fourth-order valence-corrected chi connectivity index (χ4v) is 6.12. The molecule has 1 heteroatoms. The van der Waals surface area contributed by atoms with Gasteiger partial charge in [0.25, 0.3) is 0 Å². The molecule has 0 aromatic heterocycles. The molecule has 0 radical (unpaired) electrons. The molecular formula is C17H23N. The molecule has 4 fully saturated rings. The van der Waals surface area contributed by atoms with Gasteiger partial charge in [-0.05, 0) is 60.8 Å². The smallest absolute Gasteiger partial charge is 0.0170 e. The molecule has 4 aliphatic rings. The van der Waals surface area contributed by atoms with Gasteiger partial charge in [-0.3, -0.25) is 0 Å². The molecule has 4 atom stereocenters. The molecule has 5 rings (SSSR count). The Balaban J connectivity index is 1.83. The summed E-state index contributed by atoms with van der Waals surface area (Å²) in [5, 5.41) is 0. The van der Waals surface area contributed by atoms with Crippen LogP contribution in [0.25, 0.3) is 0 Å². The van der Waals surface area contributed by atoms with Crippen LogP contribution in [0.4, 0.5) is 0 Å². The molecule has 96 valence electrons. The second-order valence-corrected chi connectivity index (χ2v) is 7.83. The van der Waals surface area contributed by atoms with Crippen molar-refractivity contribution in [2.24, 2.45) is 17.1 Å². The minimum atomic E-state index is 0.129. The highest BCUT2D eigenvalue weighted by molar-refractivity contribution is 5.32. The number of benzene rings is 1. The Hall–Kier alpha value is -0.820. The topological polar surface area (TPSA) is 26.0 Å². The maximum Gasteiger partial charge on any atom is 0.0170 e. The molecule has 18 heavy (non-hydrogen) atoms. The summed E-state index contributed by atoms with van der Waals surface area (Å²) in [6, 6.07) is 11.2. The van der Waals surface area contributed by atoms with Gasteiger partial charge in [-0.1, -0.05) is 37.3 Å². The van der Waals surface area contributed by atoms with Gasteiger partial charge in [-0.2, -0.15) is 0 Å². The first-order valence-electron chi connectivity index (χ1n) is 7.36. The molecule has 4 saturated carbocycles. The second-order valence-electron chi connectivity index (χ2n) is 7.83. The van der Waals surface area contributed by atoms with Crippen LogP contribution in [-0.4, -0.2) is 5.54 Å². The van der Waals surface area contributed by atoms with E-state index in [0.29, 0.717) is 10.8 Å². The van der Waals surface area contributed by atoms with E-state index in [4.69, 9.17) is 5.73 Å². The third-order valence-electron chi connectivity index (χ3n) is 5.78. The van der Waals surface area contributed by atoms with Gasteiger partial charge in [-0.15, -0.1) is 0 Å². The summed E-state index contributed by atoms with van der Waals surface area (Å²) in [6.45, 7) is 2.48. The maximum absolute atomic E-state index is 6.73. The van der Waals surface area contributed by atoms with Gasteiger partial charge in [0.05, 0.1) is 0 Å². The molecule has 4 unspecified atom stereocenters. The lowest BCUT2D eigenvalue weighted by molar-refractivity contribution is -0.0755. The van der Waals surface area contributed by atoms with Crippen molar-refractivity contribution in [1.29, 1.82) is 0 Å². The van der Waals surface area contributed by atoms with Crippen LogP contribution in [0.2, 0.25) is 0 Å². The average molecular weight is 241 g/mol. The Labute approximate surface area is 110 Å². The Morgan fingerprint density at radius 3 is 2.44 bits per heavy atom. The molecular weight excluding hydrogens is 218 g/mol. The molecule has 0 saturated heterocycles. The molecule has 1 aromatic rings. The molecule has 4 aliphatic carbocycles. The van der Waals surface area contributed by atoms with E-state index in [9.17, 15) is 0 Å². The summed E-state index contributed by atoms with van der Waals surface area (Å²) in [6.07, 6.45) is 7.91. The summed E-state index contributed by atoms with van der Waals surface area (Å²) < 4.78 is 0. The first-order chi connectivity index (χ1) is 8.51. The van der Waals surface area contributed by atoms with Crippen molar-refractivity contribution >= 4 is 0 Å². The van der Waals surface area contributed by atoms with Crippen molar-refractivity contribution < 1.29 is 0 Å². The van der Waals surface area contributed by atoms with E-state index in [2.05, 4.69) is 37.3 Å². The Bertz CT molecular complexity index is 460. The van der Waals surface area contributed by atoms with Crippen molar-refractivity contribution in [1.82, 2.24) is 0 Å². The summed E-state index contributed by atoms with van der Waals surface area (Å²) >= 11 is 0. The highest BCUT2D eigenvalue weighted by atomic mass is 14.8. The molecule has 1 nitrogen and oxygen atoms in total. The van der Waals surface area contributed by atoms with Crippen molar-refractivity contribution in [2.45, 2.75) is 56.4 Å². The van der Waals surface area contributed by atoms with Crippen molar-refractivity contribution in [2.75, 3.05) is 0 Å². The van der Waals surface area contributed by atoms with E-state index in [1.807, 2.05) is 0 Å². The number of hydrogen-bond acceptors (Lipinski definition) is 1. The zero-order valence-electron chi connectivity index (χ0n) is 11.3. The van der Waals surface area contributed by atoms with Gasteiger partial charge in [0, 0.05) is 5.54 Å². The normalized spacial score (nSPS) is 49.6. The Morgan fingerprint density at radius 1 is 1.00 bits per heavy atom. The van der Waals surface area contributed by atoms with E-state index in [1.165, 1.54) is 38.5 Å². The van der Waals surface area contributed by atoms with Gasteiger partial charge in [-0.25, -0.2) is 0 Å². The van der Waals surface area contributed by atoms with Gasteiger partial charge >= 0.3 is 0 Å². The highest BCUT2D eigenvalue weighted by Crippen LogP contribution is 2.66. The van der Waals surface area contributed by atoms with Crippen LogP contribution in [0.5, 0.6) is 0 Å². The van der Waals surface area contributed by atoms with Crippen LogP contribution in [0.3, 0.4) is 0 Å². The summed E-state index contributed by atoms with van der Waals surface area (Å²) in [5.41, 5.74) is 9.31. The molecule has 4 bridgehead atoms. The Morgan fingerprint density at radius 2 is 1.78 bits per heavy atom. The standard InChI is InChI=1S/C17H23N/c1-15-7-13-8-16(10-15,12-17(18,9-13)11-15)14-5-3-2-4-6-14/h2-6,13H,7-12,18H2,1H3. The third kappa shape index (κ3) is 1.43. The zero-order valence-corrected chi connectivity index (χ0v) is 11.3. The molecule has 2 N–H and O–H groups in total. The van der Waals surface area contributed by atoms with Crippen molar-refractivity contribution in [3.8, 4) is 0 Å². The molecule has 0 spiro atoms. The molecule has 0 amide bonds. The quantitative estimate of drug-likeness (QED) is 0.798. The lowest BCUT2D eigenvalue weighted by Crippen LogP contribution is -2.64. The largest absolute Gasteiger partial charge is 0.325 e. The van der Waals surface area contributed by atoms with Crippen LogP contribution in [-0.2, 0) is 5.41 Å². The van der Waals surface area contributed by atoms with Crippen LogP contribution >= 0.6 is 0 Å². The highest BCUT2D eigenvalue weighted by Gasteiger charge is 2.60. The van der Waals surface area contributed by atoms with E-state index in [0.717, 1.165) is 5.92 Å². The predicted molar refractivity (Wildman–Crippen MR) is 74.3 cm³/mol. The van der Waals surface area contributed by atoms with E-state index in [1.54, 1.807) is 5.56 Å². The minimum Gasteiger partial charge on any atom is -0.325 e. The fourth-order valence-electron chi connectivity index (χ4n) is 6.12. The zero-order chi connectivity index (χ0) is 12.4. The van der Waals surface area contributed by atoms with Gasteiger partial charge in [0.15, 0.2) is 0 Å².